The molecule has 0 bridgehead atoms. The molecule has 0 amide bonds. The summed E-state index contributed by atoms with van der Waals surface area (Å²) in [6.45, 7) is 0.420. The zero-order valence-electron chi connectivity index (χ0n) is 10.8. The quantitative estimate of drug-likeness (QED) is 0.790. The molecule has 0 atom stereocenters. The van der Waals surface area contributed by atoms with Crippen molar-refractivity contribution in [3.05, 3.63) is 72.4 Å². The fourth-order valence-electron chi connectivity index (χ4n) is 1.99. The molecule has 0 aliphatic heterocycles. The van der Waals surface area contributed by atoms with Crippen LogP contribution < -0.4 is 4.84 Å². The van der Waals surface area contributed by atoms with E-state index >= 15 is 0 Å². The van der Waals surface area contributed by atoms with Gasteiger partial charge in [-0.25, -0.2) is 0 Å². The number of phenolic OH excluding ortho intramolecular Hbond substituents is 1. The number of hydrogen-bond donors (Lipinski definition) is 1. The maximum absolute atomic E-state index is 9.90. The lowest BCUT2D eigenvalue weighted by atomic mass is 10.1. The topological polar surface area (TPSA) is 47.3 Å². The van der Waals surface area contributed by atoms with Crippen molar-refractivity contribution in [1.29, 1.82) is 0 Å². The maximum atomic E-state index is 9.90. The van der Waals surface area contributed by atoms with Crippen molar-refractivity contribution in [1.82, 2.24) is 9.94 Å². The van der Waals surface area contributed by atoms with Crippen LogP contribution in [0.3, 0.4) is 0 Å². The highest BCUT2D eigenvalue weighted by Gasteiger charge is 2.10. The molecule has 0 aliphatic rings. The molecule has 4 nitrogen and oxygen atoms in total. The molecule has 3 rings (SSSR count). The Hall–Kier alpha value is -2.75. The van der Waals surface area contributed by atoms with Gasteiger partial charge in [-0.2, -0.15) is 0 Å². The van der Waals surface area contributed by atoms with E-state index in [0.29, 0.717) is 12.2 Å². The van der Waals surface area contributed by atoms with Crippen LogP contribution in [0.5, 0.6) is 5.75 Å². The molecule has 1 aromatic heterocycles. The van der Waals surface area contributed by atoms with Crippen LogP contribution in [-0.4, -0.2) is 15.1 Å². The van der Waals surface area contributed by atoms with Gasteiger partial charge in [-0.1, -0.05) is 47.3 Å². The molecule has 1 N–H and O–H groups in total. The largest absolute Gasteiger partial charge is 0.507 e. The Labute approximate surface area is 116 Å². The minimum absolute atomic E-state index is 0.206. The van der Waals surface area contributed by atoms with Crippen molar-refractivity contribution >= 4 is 0 Å². The molecule has 0 saturated carbocycles. The SMILES string of the molecule is Oc1ccccc1-c1ccnn1OCc1ccccc1. The normalized spacial score (nSPS) is 10.4. The lowest BCUT2D eigenvalue weighted by molar-refractivity contribution is 0.0736. The van der Waals surface area contributed by atoms with Gasteiger partial charge in [0, 0.05) is 5.56 Å². The first-order valence-electron chi connectivity index (χ1n) is 6.34. The minimum atomic E-state index is 0.206. The highest BCUT2D eigenvalue weighted by Crippen LogP contribution is 2.27. The van der Waals surface area contributed by atoms with E-state index in [1.54, 1.807) is 24.4 Å². The van der Waals surface area contributed by atoms with Crippen LogP contribution in [-0.2, 0) is 6.61 Å². The Bertz CT molecular complexity index is 692. The molecule has 4 heteroatoms. The van der Waals surface area contributed by atoms with E-state index < -0.39 is 0 Å². The molecule has 0 saturated heterocycles. The molecular formula is C16H14N2O2. The zero-order chi connectivity index (χ0) is 13.8. The maximum Gasteiger partial charge on any atom is 0.142 e. The Morgan fingerprint density at radius 2 is 1.70 bits per heavy atom. The van der Waals surface area contributed by atoms with E-state index in [0.717, 1.165) is 11.3 Å². The van der Waals surface area contributed by atoms with Crippen LogP contribution in [0.25, 0.3) is 11.3 Å². The highest BCUT2D eigenvalue weighted by molar-refractivity contribution is 5.66. The van der Waals surface area contributed by atoms with Gasteiger partial charge in [0.05, 0.1) is 6.20 Å². The fourth-order valence-corrected chi connectivity index (χ4v) is 1.99. The molecule has 2 aromatic carbocycles. The second-order valence-corrected chi connectivity index (χ2v) is 4.37. The lowest BCUT2D eigenvalue weighted by Crippen LogP contribution is -2.13. The van der Waals surface area contributed by atoms with Crippen LogP contribution in [0.4, 0.5) is 0 Å². The van der Waals surface area contributed by atoms with E-state index in [-0.39, 0.29) is 5.75 Å². The summed E-state index contributed by atoms with van der Waals surface area (Å²) in [7, 11) is 0. The summed E-state index contributed by atoms with van der Waals surface area (Å²) in [5.41, 5.74) is 2.48. The Morgan fingerprint density at radius 1 is 0.950 bits per heavy atom. The van der Waals surface area contributed by atoms with Crippen LogP contribution in [0.1, 0.15) is 5.56 Å². The number of para-hydroxylation sites is 1. The number of hydrogen-bond acceptors (Lipinski definition) is 3. The highest BCUT2D eigenvalue weighted by atomic mass is 16.7. The van der Waals surface area contributed by atoms with Crippen LogP contribution in [0, 0.1) is 0 Å². The number of phenols is 1. The summed E-state index contributed by atoms with van der Waals surface area (Å²) in [5.74, 6) is 0.206. The summed E-state index contributed by atoms with van der Waals surface area (Å²) < 4.78 is 0. The third-order valence-corrected chi connectivity index (χ3v) is 2.99. The first kappa shape index (κ1) is 12.3. The molecule has 100 valence electrons. The van der Waals surface area contributed by atoms with Gasteiger partial charge in [0.25, 0.3) is 0 Å². The second kappa shape index (κ2) is 5.48. The Balaban J connectivity index is 1.83. The van der Waals surface area contributed by atoms with Crippen molar-refractivity contribution in [2.45, 2.75) is 6.61 Å². The number of aromatic hydroxyl groups is 1. The smallest absolute Gasteiger partial charge is 0.142 e. The number of aromatic nitrogens is 2. The number of rotatable bonds is 4. The number of nitrogens with zero attached hydrogens (tertiary/aromatic N) is 2. The molecule has 0 fully saturated rings. The van der Waals surface area contributed by atoms with Gasteiger partial charge >= 0.3 is 0 Å². The van der Waals surface area contributed by atoms with Crippen molar-refractivity contribution in [3.8, 4) is 17.0 Å². The average Bonchev–Trinajstić information content (AvgIpc) is 2.95. The van der Waals surface area contributed by atoms with Crippen molar-refractivity contribution in [2.24, 2.45) is 0 Å². The van der Waals surface area contributed by atoms with Crippen molar-refractivity contribution < 1.29 is 9.94 Å². The molecule has 0 aliphatic carbocycles. The summed E-state index contributed by atoms with van der Waals surface area (Å²) in [6.07, 6.45) is 1.65. The predicted molar refractivity (Wildman–Crippen MR) is 76.1 cm³/mol. The zero-order valence-corrected chi connectivity index (χ0v) is 10.8. The molecule has 0 unspecified atom stereocenters. The lowest BCUT2D eigenvalue weighted by Gasteiger charge is -2.10. The fraction of sp³-hybridized carbons (Fsp3) is 0.0625. The molecule has 3 aromatic rings. The predicted octanol–water partition coefficient (Wildman–Crippen LogP) is 2.88. The van der Waals surface area contributed by atoms with Crippen molar-refractivity contribution in [3.63, 3.8) is 0 Å². The first-order valence-corrected chi connectivity index (χ1v) is 6.34. The van der Waals surface area contributed by atoms with E-state index in [9.17, 15) is 5.11 Å². The van der Waals surface area contributed by atoms with Gasteiger partial charge in [-0.3, -0.25) is 0 Å². The van der Waals surface area contributed by atoms with Gasteiger partial charge < -0.3 is 9.94 Å². The number of benzene rings is 2. The molecular weight excluding hydrogens is 252 g/mol. The van der Waals surface area contributed by atoms with E-state index in [4.69, 9.17) is 4.84 Å². The van der Waals surface area contributed by atoms with E-state index in [1.807, 2.05) is 42.5 Å². The third-order valence-electron chi connectivity index (χ3n) is 2.99. The summed E-state index contributed by atoms with van der Waals surface area (Å²) >= 11 is 0. The summed E-state index contributed by atoms with van der Waals surface area (Å²) in [4.78, 5) is 7.10. The third kappa shape index (κ3) is 2.49. The Morgan fingerprint density at radius 3 is 2.50 bits per heavy atom. The summed E-state index contributed by atoms with van der Waals surface area (Å²) in [6, 6.07) is 18.8. The Kier molecular flexibility index (Phi) is 3.37. The van der Waals surface area contributed by atoms with E-state index in [1.165, 1.54) is 4.85 Å². The average molecular weight is 266 g/mol. The monoisotopic (exact) mass is 266 g/mol. The van der Waals surface area contributed by atoms with Gasteiger partial charge in [-0.05, 0) is 23.8 Å². The van der Waals surface area contributed by atoms with Crippen LogP contribution >= 0.6 is 0 Å². The molecule has 0 radical (unpaired) electrons. The molecule has 20 heavy (non-hydrogen) atoms. The second-order valence-electron chi connectivity index (χ2n) is 4.37. The van der Waals surface area contributed by atoms with E-state index in [2.05, 4.69) is 5.10 Å². The first-order chi connectivity index (χ1) is 9.84. The minimum Gasteiger partial charge on any atom is -0.507 e. The van der Waals surface area contributed by atoms with Crippen LogP contribution in [0.15, 0.2) is 66.9 Å². The molecule has 1 heterocycles. The summed E-state index contributed by atoms with van der Waals surface area (Å²) in [5, 5.41) is 14.0. The van der Waals surface area contributed by atoms with Crippen LogP contribution in [0.2, 0.25) is 0 Å². The van der Waals surface area contributed by atoms with Gasteiger partial charge in [0.15, 0.2) is 0 Å². The van der Waals surface area contributed by atoms with Gasteiger partial charge in [0.2, 0.25) is 0 Å². The van der Waals surface area contributed by atoms with Gasteiger partial charge in [0.1, 0.15) is 18.1 Å². The molecule has 0 spiro atoms. The standard InChI is InChI=1S/C16H14N2O2/c19-16-9-5-4-8-14(16)15-10-11-17-18(15)20-12-13-6-2-1-3-7-13/h1-11,19H,12H2. The van der Waals surface area contributed by atoms with Crippen molar-refractivity contribution in [2.75, 3.05) is 0 Å². The van der Waals surface area contributed by atoms with Gasteiger partial charge in [-0.15, -0.1) is 5.10 Å².